The SMILES string of the molecule is CCCN(CC)CCC[n+]1c(-c2ccccc2)c2cc(N)ccc2c2ccc(N)cc21. The number of nitrogens with zero attached hydrogens (tertiary/aromatic N) is 2. The number of fused-ring (bicyclic) bond motifs is 3. The summed E-state index contributed by atoms with van der Waals surface area (Å²) in [4.78, 5) is 2.53. The zero-order chi connectivity index (χ0) is 21.8. The van der Waals surface area contributed by atoms with Gasteiger partial charge in [-0.25, -0.2) is 0 Å². The Hall–Kier alpha value is -3.11. The first-order valence-electron chi connectivity index (χ1n) is 11.3. The lowest BCUT2D eigenvalue weighted by molar-refractivity contribution is -0.659. The van der Waals surface area contributed by atoms with E-state index in [1.807, 2.05) is 12.1 Å². The van der Waals surface area contributed by atoms with Gasteiger partial charge in [-0.1, -0.05) is 38.1 Å². The highest BCUT2D eigenvalue weighted by Crippen LogP contribution is 2.33. The van der Waals surface area contributed by atoms with Crippen LogP contribution in [0.5, 0.6) is 0 Å². The molecule has 4 nitrogen and oxygen atoms in total. The highest BCUT2D eigenvalue weighted by atomic mass is 15.1. The maximum Gasteiger partial charge on any atom is 0.220 e. The van der Waals surface area contributed by atoms with Crippen LogP contribution in [0.25, 0.3) is 32.9 Å². The number of aryl methyl sites for hydroxylation is 1. The van der Waals surface area contributed by atoms with E-state index in [1.165, 1.54) is 39.4 Å². The molecule has 1 aromatic heterocycles. The molecule has 0 aliphatic heterocycles. The molecule has 4 N–H and O–H groups in total. The summed E-state index contributed by atoms with van der Waals surface area (Å²) < 4.78 is 2.45. The van der Waals surface area contributed by atoms with Gasteiger partial charge in [-0.05, 0) is 55.9 Å². The number of aromatic nitrogens is 1. The van der Waals surface area contributed by atoms with Crippen LogP contribution in [0.1, 0.15) is 26.7 Å². The van der Waals surface area contributed by atoms with Gasteiger partial charge in [0.25, 0.3) is 0 Å². The van der Waals surface area contributed by atoms with Crippen molar-refractivity contribution in [3.63, 3.8) is 0 Å². The monoisotopic (exact) mass is 413 g/mol. The molecule has 4 heteroatoms. The van der Waals surface area contributed by atoms with Crippen LogP contribution in [0.2, 0.25) is 0 Å². The summed E-state index contributed by atoms with van der Waals surface area (Å²) in [6, 6.07) is 23.1. The Balaban J connectivity index is 1.93. The first kappa shape index (κ1) is 21.1. The minimum atomic E-state index is 0.783. The summed E-state index contributed by atoms with van der Waals surface area (Å²) >= 11 is 0. The van der Waals surface area contributed by atoms with Crippen LogP contribution in [-0.2, 0) is 6.54 Å². The minimum Gasteiger partial charge on any atom is -0.399 e. The van der Waals surface area contributed by atoms with Crippen LogP contribution in [0.15, 0.2) is 66.7 Å². The second-order valence-corrected chi connectivity index (χ2v) is 8.24. The van der Waals surface area contributed by atoms with E-state index in [1.54, 1.807) is 0 Å². The van der Waals surface area contributed by atoms with E-state index < -0.39 is 0 Å². The molecule has 0 atom stereocenters. The molecule has 0 aliphatic carbocycles. The van der Waals surface area contributed by atoms with Crippen LogP contribution in [0.4, 0.5) is 11.4 Å². The summed E-state index contributed by atoms with van der Waals surface area (Å²) in [6.07, 6.45) is 2.26. The molecule has 1 heterocycles. The van der Waals surface area contributed by atoms with Crippen molar-refractivity contribution in [2.75, 3.05) is 31.1 Å². The Morgan fingerprint density at radius 2 is 1.48 bits per heavy atom. The molecule has 0 amide bonds. The van der Waals surface area contributed by atoms with E-state index in [0.717, 1.165) is 44.0 Å². The van der Waals surface area contributed by atoms with Crippen molar-refractivity contribution in [3.8, 4) is 11.3 Å². The number of benzene rings is 3. The van der Waals surface area contributed by atoms with Crippen molar-refractivity contribution in [2.24, 2.45) is 0 Å². The van der Waals surface area contributed by atoms with E-state index in [0.29, 0.717) is 0 Å². The Morgan fingerprint density at radius 1 is 0.774 bits per heavy atom. The molecule has 4 aromatic rings. The van der Waals surface area contributed by atoms with E-state index in [4.69, 9.17) is 11.5 Å². The predicted molar refractivity (Wildman–Crippen MR) is 133 cm³/mol. The molecule has 0 fully saturated rings. The largest absolute Gasteiger partial charge is 0.399 e. The van der Waals surface area contributed by atoms with Gasteiger partial charge in [0.05, 0.1) is 10.8 Å². The van der Waals surface area contributed by atoms with Crippen LogP contribution >= 0.6 is 0 Å². The molecule has 31 heavy (non-hydrogen) atoms. The number of pyridine rings is 1. The van der Waals surface area contributed by atoms with Crippen molar-refractivity contribution < 1.29 is 4.57 Å². The molecule has 0 aliphatic rings. The average molecular weight is 414 g/mol. The molecule has 0 saturated carbocycles. The second-order valence-electron chi connectivity index (χ2n) is 8.24. The van der Waals surface area contributed by atoms with Crippen LogP contribution < -0.4 is 16.0 Å². The Morgan fingerprint density at radius 3 is 2.19 bits per heavy atom. The number of hydrogen-bond acceptors (Lipinski definition) is 3. The third-order valence-electron chi connectivity index (χ3n) is 6.06. The van der Waals surface area contributed by atoms with Crippen molar-refractivity contribution >= 4 is 33.1 Å². The van der Waals surface area contributed by atoms with Crippen LogP contribution in [0, 0.1) is 0 Å². The van der Waals surface area contributed by atoms with Crippen molar-refractivity contribution in [1.82, 2.24) is 4.90 Å². The number of nitrogen functional groups attached to an aromatic ring is 2. The van der Waals surface area contributed by atoms with Gasteiger partial charge < -0.3 is 16.4 Å². The molecule has 0 spiro atoms. The van der Waals surface area contributed by atoms with Gasteiger partial charge in [-0.2, -0.15) is 4.57 Å². The molecule has 0 bridgehead atoms. The molecule has 3 aromatic carbocycles. The maximum absolute atomic E-state index is 6.25. The summed E-state index contributed by atoms with van der Waals surface area (Å²) in [7, 11) is 0. The number of anilines is 2. The lowest BCUT2D eigenvalue weighted by atomic mass is 9.98. The first-order valence-corrected chi connectivity index (χ1v) is 11.3. The van der Waals surface area contributed by atoms with E-state index in [2.05, 4.69) is 77.9 Å². The third kappa shape index (κ3) is 4.35. The molecule has 4 rings (SSSR count). The zero-order valence-corrected chi connectivity index (χ0v) is 18.6. The maximum atomic E-state index is 6.25. The average Bonchev–Trinajstić information content (AvgIpc) is 2.78. The number of rotatable bonds is 8. The quantitative estimate of drug-likeness (QED) is 0.236. The summed E-state index contributed by atoms with van der Waals surface area (Å²) in [5, 5.41) is 3.61. The van der Waals surface area contributed by atoms with Gasteiger partial charge in [0, 0.05) is 41.4 Å². The Kier molecular flexibility index (Phi) is 6.38. The second kappa shape index (κ2) is 9.36. The van der Waals surface area contributed by atoms with Gasteiger partial charge in [0.1, 0.15) is 0 Å². The standard InChI is InChI=1S/C27H32N4/c1-3-15-30(4-2)16-8-17-31-26-19-22(29)12-14-24(26)23-13-11-21(28)18-25(23)27(31)20-9-6-5-7-10-20/h5-7,9-14,18-19,29H,3-4,8,15-17,28H2,1-2H3/p+1. The lowest BCUT2D eigenvalue weighted by Crippen LogP contribution is -2.39. The van der Waals surface area contributed by atoms with Crippen molar-refractivity contribution in [3.05, 3.63) is 66.7 Å². The molecular weight excluding hydrogens is 380 g/mol. The highest BCUT2D eigenvalue weighted by molar-refractivity contribution is 6.10. The predicted octanol–water partition coefficient (Wildman–Crippen LogP) is 5.23. The van der Waals surface area contributed by atoms with Crippen molar-refractivity contribution in [2.45, 2.75) is 33.2 Å². The Bertz CT molecular complexity index is 1180. The first-order chi connectivity index (χ1) is 15.1. The molecule has 0 saturated heterocycles. The number of hydrogen-bond donors (Lipinski definition) is 2. The fourth-order valence-corrected chi connectivity index (χ4v) is 4.59. The fourth-order valence-electron chi connectivity index (χ4n) is 4.59. The third-order valence-corrected chi connectivity index (χ3v) is 6.06. The minimum absolute atomic E-state index is 0.783. The van der Waals surface area contributed by atoms with E-state index in [9.17, 15) is 0 Å². The highest BCUT2D eigenvalue weighted by Gasteiger charge is 2.23. The van der Waals surface area contributed by atoms with Gasteiger partial charge in [0.2, 0.25) is 11.2 Å². The number of nitrogens with two attached hydrogens (primary N) is 2. The van der Waals surface area contributed by atoms with Crippen LogP contribution in [0.3, 0.4) is 0 Å². The Labute approximate surface area is 185 Å². The topological polar surface area (TPSA) is 59.2 Å². The molecule has 0 unspecified atom stereocenters. The lowest BCUT2D eigenvalue weighted by Gasteiger charge is -2.19. The van der Waals surface area contributed by atoms with Crippen molar-refractivity contribution in [1.29, 1.82) is 0 Å². The van der Waals surface area contributed by atoms with Gasteiger partial charge in [0.15, 0.2) is 6.54 Å². The zero-order valence-electron chi connectivity index (χ0n) is 18.6. The summed E-state index contributed by atoms with van der Waals surface area (Å²) in [5.41, 5.74) is 17.6. The molecular formula is C27H33N4+. The van der Waals surface area contributed by atoms with Gasteiger partial charge in [-0.3, -0.25) is 0 Å². The molecule has 0 radical (unpaired) electrons. The summed E-state index contributed by atoms with van der Waals surface area (Å²) in [5.74, 6) is 0. The smallest absolute Gasteiger partial charge is 0.220 e. The summed E-state index contributed by atoms with van der Waals surface area (Å²) in [6.45, 7) is 8.74. The van der Waals surface area contributed by atoms with Gasteiger partial charge in [-0.15, -0.1) is 0 Å². The van der Waals surface area contributed by atoms with E-state index in [-0.39, 0.29) is 0 Å². The molecule has 160 valence electrons. The van der Waals surface area contributed by atoms with Gasteiger partial charge >= 0.3 is 0 Å². The fraction of sp³-hybridized carbons (Fsp3) is 0.296. The normalized spacial score (nSPS) is 11.6. The van der Waals surface area contributed by atoms with Crippen LogP contribution in [-0.4, -0.2) is 24.5 Å². The van der Waals surface area contributed by atoms with E-state index >= 15 is 0 Å².